The molecule has 1 aliphatic rings. The molecule has 0 aromatic heterocycles. The summed E-state index contributed by atoms with van der Waals surface area (Å²) in [7, 11) is -1.42. The summed E-state index contributed by atoms with van der Waals surface area (Å²) >= 11 is 0. The summed E-state index contributed by atoms with van der Waals surface area (Å²) in [6.07, 6.45) is 1.82. The number of guanidine groups is 1. The number of benzene rings is 1. The van der Waals surface area contributed by atoms with E-state index in [-0.39, 0.29) is 29.8 Å². The summed E-state index contributed by atoms with van der Waals surface area (Å²) in [5.41, 5.74) is 0.636. The van der Waals surface area contributed by atoms with Gasteiger partial charge in [0.2, 0.25) is 10.0 Å². The van der Waals surface area contributed by atoms with Crippen LogP contribution in [0.15, 0.2) is 29.3 Å². The second-order valence-electron chi connectivity index (χ2n) is 5.92. The SMILES string of the molecule is CN=C(NCCCNS(C)(=O)=O)N1CCN(c2ccccc2F)CC1.I. The molecular weight excluding hydrogens is 472 g/mol. The number of para-hydroxylation sites is 1. The summed E-state index contributed by atoms with van der Waals surface area (Å²) < 4.78 is 38.4. The topological polar surface area (TPSA) is 77.0 Å². The van der Waals surface area contributed by atoms with Crippen LogP contribution in [0.5, 0.6) is 0 Å². The third-order valence-corrected chi connectivity index (χ3v) is 4.71. The maximum atomic E-state index is 13.9. The van der Waals surface area contributed by atoms with Gasteiger partial charge in [0.15, 0.2) is 5.96 Å². The Bertz CT molecular complexity index is 694. The smallest absolute Gasteiger partial charge is 0.208 e. The minimum absolute atomic E-state index is 0. The van der Waals surface area contributed by atoms with Gasteiger partial charge in [-0.1, -0.05) is 12.1 Å². The fraction of sp³-hybridized carbons (Fsp3) is 0.562. The fourth-order valence-corrected chi connectivity index (χ4v) is 3.26. The summed E-state index contributed by atoms with van der Waals surface area (Å²) in [6.45, 7) is 3.95. The van der Waals surface area contributed by atoms with Gasteiger partial charge in [-0.3, -0.25) is 4.99 Å². The Hall–Kier alpha value is -1.14. The molecule has 26 heavy (non-hydrogen) atoms. The van der Waals surface area contributed by atoms with Crippen LogP contribution in [0.3, 0.4) is 0 Å². The molecular formula is C16H27FIN5O2S. The van der Waals surface area contributed by atoms with Crippen molar-refractivity contribution < 1.29 is 12.8 Å². The molecule has 1 heterocycles. The molecule has 0 unspecified atom stereocenters. The van der Waals surface area contributed by atoms with Crippen LogP contribution in [-0.4, -0.2) is 71.8 Å². The van der Waals surface area contributed by atoms with E-state index in [4.69, 9.17) is 0 Å². The predicted octanol–water partition coefficient (Wildman–Crippen LogP) is 1.08. The minimum Gasteiger partial charge on any atom is -0.366 e. The quantitative estimate of drug-likeness (QED) is 0.265. The molecule has 0 spiro atoms. The van der Waals surface area contributed by atoms with Crippen LogP contribution in [0.2, 0.25) is 0 Å². The van der Waals surface area contributed by atoms with Gasteiger partial charge in [-0.25, -0.2) is 17.5 Å². The van der Waals surface area contributed by atoms with E-state index >= 15 is 0 Å². The largest absolute Gasteiger partial charge is 0.366 e. The molecule has 0 aliphatic carbocycles. The van der Waals surface area contributed by atoms with Crippen molar-refractivity contribution in [3.8, 4) is 0 Å². The van der Waals surface area contributed by atoms with Crippen molar-refractivity contribution in [1.29, 1.82) is 0 Å². The number of nitrogens with one attached hydrogen (secondary N) is 2. The highest BCUT2D eigenvalue weighted by atomic mass is 127. The first-order chi connectivity index (χ1) is 11.9. The lowest BCUT2D eigenvalue weighted by molar-refractivity contribution is 0.370. The third-order valence-electron chi connectivity index (χ3n) is 3.99. The van der Waals surface area contributed by atoms with E-state index in [1.807, 2.05) is 11.0 Å². The Morgan fingerprint density at radius 1 is 1.19 bits per heavy atom. The van der Waals surface area contributed by atoms with Gasteiger partial charge in [0.1, 0.15) is 5.82 Å². The van der Waals surface area contributed by atoms with Gasteiger partial charge in [-0.2, -0.15) is 0 Å². The van der Waals surface area contributed by atoms with E-state index in [2.05, 4.69) is 19.9 Å². The van der Waals surface area contributed by atoms with Crippen molar-refractivity contribution in [3.05, 3.63) is 30.1 Å². The molecule has 0 saturated carbocycles. The standard InChI is InChI=1S/C16H26FN5O2S.HI/c1-18-16(19-8-5-9-20-25(2,23)24)22-12-10-21(11-13-22)15-7-4-3-6-14(15)17;/h3-4,6-7,20H,5,8-13H2,1-2H3,(H,18,19);1H. The highest BCUT2D eigenvalue weighted by molar-refractivity contribution is 14.0. The molecule has 7 nitrogen and oxygen atoms in total. The number of aliphatic imine (C=N–C) groups is 1. The van der Waals surface area contributed by atoms with Gasteiger partial charge in [0.05, 0.1) is 11.9 Å². The number of nitrogens with zero attached hydrogens (tertiary/aromatic N) is 3. The van der Waals surface area contributed by atoms with Crippen LogP contribution < -0.4 is 14.9 Å². The molecule has 0 radical (unpaired) electrons. The Morgan fingerprint density at radius 2 is 1.85 bits per heavy atom. The van der Waals surface area contributed by atoms with E-state index in [0.29, 0.717) is 25.2 Å². The van der Waals surface area contributed by atoms with E-state index < -0.39 is 10.0 Å². The second kappa shape index (κ2) is 10.9. The number of rotatable bonds is 6. The van der Waals surface area contributed by atoms with E-state index in [1.165, 1.54) is 6.07 Å². The zero-order valence-corrected chi connectivity index (χ0v) is 18.3. The van der Waals surface area contributed by atoms with Crippen molar-refractivity contribution in [1.82, 2.24) is 14.9 Å². The Kier molecular flexibility index (Phi) is 9.58. The summed E-state index contributed by atoms with van der Waals surface area (Å²) in [5, 5.41) is 3.24. The van der Waals surface area contributed by atoms with Crippen LogP contribution in [-0.2, 0) is 10.0 Å². The summed E-state index contributed by atoms with van der Waals surface area (Å²) in [6, 6.07) is 6.81. The first-order valence-corrected chi connectivity index (χ1v) is 10.2. The first kappa shape index (κ1) is 22.9. The van der Waals surface area contributed by atoms with Crippen molar-refractivity contribution in [3.63, 3.8) is 0 Å². The van der Waals surface area contributed by atoms with Gasteiger partial charge in [0.25, 0.3) is 0 Å². The molecule has 1 aliphatic heterocycles. The molecule has 1 aromatic rings. The number of hydrogen-bond donors (Lipinski definition) is 2. The molecule has 1 fully saturated rings. The van der Waals surface area contributed by atoms with Gasteiger partial charge in [-0.05, 0) is 18.6 Å². The van der Waals surface area contributed by atoms with Crippen molar-refractivity contribution in [2.24, 2.45) is 4.99 Å². The summed E-state index contributed by atoms with van der Waals surface area (Å²) in [4.78, 5) is 8.44. The normalized spacial score (nSPS) is 15.6. The van der Waals surface area contributed by atoms with Crippen LogP contribution >= 0.6 is 24.0 Å². The van der Waals surface area contributed by atoms with Crippen molar-refractivity contribution >= 4 is 45.6 Å². The van der Waals surface area contributed by atoms with E-state index in [1.54, 1.807) is 19.2 Å². The Balaban J connectivity index is 0.00000338. The van der Waals surface area contributed by atoms with E-state index in [0.717, 1.165) is 38.4 Å². The lowest BCUT2D eigenvalue weighted by atomic mass is 10.2. The number of hydrogen-bond acceptors (Lipinski definition) is 4. The molecule has 1 saturated heterocycles. The van der Waals surface area contributed by atoms with Crippen molar-refractivity contribution in [2.45, 2.75) is 6.42 Å². The molecule has 0 atom stereocenters. The average Bonchev–Trinajstić information content (AvgIpc) is 2.58. The molecule has 148 valence electrons. The number of anilines is 1. The molecule has 0 amide bonds. The average molecular weight is 499 g/mol. The Morgan fingerprint density at radius 3 is 2.42 bits per heavy atom. The minimum atomic E-state index is -3.14. The summed E-state index contributed by atoms with van der Waals surface area (Å²) in [5.74, 6) is 0.587. The number of halogens is 2. The van der Waals surface area contributed by atoms with Crippen LogP contribution in [0.1, 0.15) is 6.42 Å². The predicted molar refractivity (Wildman–Crippen MR) is 114 cm³/mol. The molecule has 2 rings (SSSR count). The van der Waals surface area contributed by atoms with Gasteiger partial charge in [0, 0.05) is 46.3 Å². The first-order valence-electron chi connectivity index (χ1n) is 8.30. The lowest BCUT2D eigenvalue weighted by Gasteiger charge is -2.37. The van der Waals surface area contributed by atoms with Gasteiger partial charge < -0.3 is 15.1 Å². The zero-order valence-electron chi connectivity index (χ0n) is 15.1. The third kappa shape index (κ3) is 7.23. The zero-order chi connectivity index (χ0) is 18.3. The Labute approximate surface area is 172 Å². The van der Waals surface area contributed by atoms with E-state index in [9.17, 15) is 12.8 Å². The van der Waals surface area contributed by atoms with Crippen LogP contribution in [0, 0.1) is 5.82 Å². The van der Waals surface area contributed by atoms with Crippen LogP contribution in [0.4, 0.5) is 10.1 Å². The maximum absolute atomic E-state index is 13.9. The highest BCUT2D eigenvalue weighted by Crippen LogP contribution is 2.20. The molecule has 2 N–H and O–H groups in total. The number of sulfonamides is 1. The highest BCUT2D eigenvalue weighted by Gasteiger charge is 2.21. The van der Waals surface area contributed by atoms with Crippen molar-refractivity contribution in [2.75, 3.05) is 57.5 Å². The molecule has 1 aromatic carbocycles. The van der Waals surface area contributed by atoms with Gasteiger partial charge in [-0.15, -0.1) is 24.0 Å². The van der Waals surface area contributed by atoms with Crippen LogP contribution in [0.25, 0.3) is 0 Å². The maximum Gasteiger partial charge on any atom is 0.208 e. The second-order valence-corrected chi connectivity index (χ2v) is 7.75. The monoisotopic (exact) mass is 499 g/mol. The molecule has 10 heteroatoms. The lowest BCUT2D eigenvalue weighted by Crippen LogP contribution is -2.53. The molecule has 0 bridgehead atoms. The fourth-order valence-electron chi connectivity index (χ4n) is 2.75. The number of piperazine rings is 1. The van der Waals surface area contributed by atoms with Gasteiger partial charge >= 0.3 is 0 Å².